The number of fused-ring (bicyclic) bond motifs is 1. The molecule has 0 radical (unpaired) electrons. The third kappa shape index (κ3) is 24.0. The second kappa shape index (κ2) is 37.2. The van der Waals surface area contributed by atoms with Gasteiger partial charge >= 0.3 is 21.2 Å². The molecule has 0 saturated carbocycles. The average molecular weight is 1230 g/mol. The molecule has 0 aliphatic heterocycles. The first-order chi connectivity index (χ1) is 39.7. The summed E-state index contributed by atoms with van der Waals surface area (Å²) in [5.74, 6) is -4.28. The standard InChI is InChI=1S/C21H24BClFNO3.C21H23BFNO3.C14H22BNO2.C7H3ClF2O.2CH4/c1-13(2)19(25-22(3)28)21(27)17(11-14-7-5-4-6-8-14)20(26)16-10-9-15(23)12-18(16)24;1-13(2)19(24-22(3)26)21-17(11-14-7-5-4-6-8-14)20(25)16-10-9-15(23)12-18(16)27-21;1-11(2)14(16-15(3)18)13(17)10-9-12-7-5-4-6-8-12;8-7(11)5-2-1-4(9)3-6(5)10;;/h4-10,12-13,17,19,25,28H,11H2,1-3H3;4-10,12-13,19,24,26H,11H2,1-3H3;4-8,11,14,16,18H,9-10H2,1-3H3;1-3H;2*1H4/t17?,19-;19-;14-;;;/m111.../s1. The first kappa shape index (κ1) is 75.6. The van der Waals surface area contributed by atoms with Crippen molar-refractivity contribution in [2.75, 3.05) is 0 Å². The van der Waals surface area contributed by atoms with E-state index in [9.17, 15) is 56.6 Å². The van der Waals surface area contributed by atoms with Crippen LogP contribution in [0.5, 0.6) is 0 Å². The number of carbonyl (C=O) groups is 4. The monoisotopic (exact) mass is 1230 g/mol. The van der Waals surface area contributed by atoms with Gasteiger partial charge in [-0.2, -0.15) is 0 Å². The van der Waals surface area contributed by atoms with Crippen molar-refractivity contribution in [3.63, 3.8) is 0 Å². The molecule has 0 fully saturated rings. The van der Waals surface area contributed by atoms with Crippen molar-refractivity contribution in [3.05, 3.63) is 223 Å². The lowest BCUT2D eigenvalue weighted by Gasteiger charge is -2.26. The Bertz CT molecular complexity index is 3310. The number of nitrogens with one attached hydrogen (secondary N) is 3. The topological polar surface area (TPSA) is 195 Å². The molecule has 1 aromatic heterocycles. The van der Waals surface area contributed by atoms with Crippen molar-refractivity contribution in [2.45, 2.75) is 121 Å². The highest BCUT2D eigenvalue weighted by molar-refractivity contribution is 6.67. The first-order valence-corrected chi connectivity index (χ1v) is 28.3. The Balaban J connectivity index is 0.000000407. The number of aryl methyl sites for hydroxylation is 1. The molecule has 6 N–H and O–H groups in total. The van der Waals surface area contributed by atoms with Gasteiger partial charge in [0.1, 0.15) is 40.4 Å². The average Bonchev–Trinajstić information content (AvgIpc) is 1.30. The van der Waals surface area contributed by atoms with Gasteiger partial charge < -0.3 is 35.2 Å². The molecule has 0 bridgehead atoms. The third-order valence-corrected chi connectivity index (χ3v) is 13.6. The van der Waals surface area contributed by atoms with Crippen molar-refractivity contribution in [2.24, 2.45) is 23.7 Å². The highest BCUT2D eigenvalue weighted by Crippen LogP contribution is 2.29. The maximum atomic E-state index is 14.4. The van der Waals surface area contributed by atoms with Gasteiger partial charge in [0.05, 0.1) is 40.6 Å². The second-order valence-corrected chi connectivity index (χ2v) is 22.0. The smallest absolute Gasteiger partial charge is 0.374 e. The molecule has 12 nitrogen and oxygen atoms in total. The number of hydrogen-bond donors (Lipinski definition) is 6. The van der Waals surface area contributed by atoms with Gasteiger partial charge in [0.25, 0.3) is 5.24 Å². The third-order valence-electron chi connectivity index (χ3n) is 13.2. The minimum absolute atomic E-state index is 0. The molecule has 7 rings (SSSR count). The highest BCUT2D eigenvalue weighted by atomic mass is 35.5. The lowest BCUT2D eigenvalue weighted by Crippen LogP contribution is -2.51. The molecular formula is C65H80B3Cl2F4N3O9. The van der Waals surface area contributed by atoms with Crippen LogP contribution in [-0.2, 0) is 28.9 Å². The summed E-state index contributed by atoms with van der Waals surface area (Å²) in [5.41, 5.74) is 3.03. The largest absolute Gasteiger partial charge is 0.459 e. The van der Waals surface area contributed by atoms with Crippen LogP contribution in [0.4, 0.5) is 17.6 Å². The number of benzene rings is 6. The zero-order valence-corrected chi connectivity index (χ0v) is 50.0. The molecule has 0 aliphatic rings. The van der Waals surface area contributed by atoms with E-state index in [0.29, 0.717) is 35.6 Å². The van der Waals surface area contributed by atoms with Gasteiger partial charge in [0, 0.05) is 35.6 Å². The lowest BCUT2D eigenvalue weighted by molar-refractivity contribution is -0.124. The summed E-state index contributed by atoms with van der Waals surface area (Å²) >= 11 is 10.7. The van der Waals surface area contributed by atoms with Crippen molar-refractivity contribution in [1.82, 2.24) is 15.7 Å². The Labute approximate surface area is 514 Å². The van der Waals surface area contributed by atoms with Crippen molar-refractivity contribution >= 4 is 77.9 Å². The van der Waals surface area contributed by atoms with E-state index in [0.717, 1.165) is 35.7 Å². The van der Waals surface area contributed by atoms with Gasteiger partial charge in [0.15, 0.2) is 17.0 Å². The summed E-state index contributed by atoms with van der Waals surface area (Å²) < 4.78 is 58.9. The molecule has 21 heteroatoms. The molecule has 7 aromatic rings. The molecule has 1 unspecified atom stereocenters. The van der Waals surface area contributed by atoms with E-state index in [2.05, 4.69) is 15.7 Å². The van der Waals surface area contributed by atoms with Gasteiger partial charge in [-0.05, 0) is 122 Å². The molecule has 0 spiro atoms. The molecule has 0 amide bonds. The highest BCUT2D eigenvalue weighted by Gasteiger charge is 2.36. The van der Waals surface area contributed by atoms with E-state index in [1.165, 1.54) is 42.7 Å². The molecule has 0 saturated heterocycles. The van der Waals surface area contributed by atoms with Crippen molar-refractivity contribution in [3.8, 4) is 0 Å². The number of hydrogen-bond acceptors (Lipinski definition) is 12. The van der Waals surface area contributed by atoms with Crippen LogP contribution in [0.3, 0.4) is 0 Å². The minimum Gasteiger partial charge on any atom is -0.459 e. The Kier molecular flexibility index (Phi) is 32.7. The van der Waals surface area contributed by atoms with Crippen LogP contribution in [0.2, 0.25) is 25.5 Å². The number of rotatable bonds is 23. The normalized spacial score (nSPS) is 12.1. The molecule has 1 heterocycles. The zero-order chi connectivity index (χ0) is 62.4. The Morgan fingerprint density at radius 1 is 0.581 bits per heavy atom. The van der Waals surface area contributed by atoms with Crippen LogP contribution >= 0.6 is 23.2 Å². The predicted octanol–water partition coefficient (Wildman–Crippen LogP) is 13.3. The Morgan fingerprint density at radius 2 is 1.06 bits per heavy atom. The first-order valence-electron chi connectivity index (χ1n) is 27.6. The molecule has 86 heavy (non-hydrogen) atoms. The predicted molar refractivity (Wildman–Crippen MR) is 342 cm³/mol. The van der Waals surface area contributed by atoms with Crippen LogP contribution in [0.1, 0.15) is 118 Å². The maximum absolute atomic E-state index is 14.4. The summed E-state index contributed by atoms with van der Waals surface area (Å²) in [6.07, 6.45) is 1.80. The summed E-state index contributed by atoms with van der Waals surface area (Å²) in [5, 5.41) is 37.3. The Morgan fingerprint density at radius 3 is 1.55 bits per heavy atom. The van der Waals surface area contributed by atoms with Gasteiger partial charge in [-0.3, -0.25) is 24.0 Å². The molecular weight excluding hydrogens is 1150 g/mol. The summed E-state index contributed by atoms with van der Waals surface area (Å²) in [7, 11) is -2.36. The van der Waals surface area contributed by atoms with E-state index in [-0.39, 0.29) is 89.8 Å². The van der Waals surface area contributed by atoms with Crippen molar-refractivity contribution in [1.29, 1.82) is 0 Å². The zero-order valence-electron chi connectivity index (χ0n) is 48.5. The number of carbonyl (C=O) groups excluding carboxylic acids is 4. The number of ketones is 3. The SMILES string of the molecule is C.C.CB(O)N[C@@H](C(=O)C(Cc1ccccc1)C(=O)c1ccc(Cl)cc1F)C(C)C.CB(O)N[C@@H](C(=O)CCc1ccccc1)C(C)C.CB(O)N[C@@H](c1oc2cc(F)ccc2c(=O)c1Cc1ccccc1)C(C)C.O=C(Cl)c1ccc(F)cc1F. The molecule has 6 aromatic carbocycles. The summed E-state index contributed by atoms with van der Waals surface area (Å²) in [4.78, 5) is 62.1. The second-order valence-electron chi connectivity index (χ2n) is 21.3. The fourth-order valence-corrected chi connectivity index (χ4v) is 9.35. The lowest BCUT2D eigenvalue weighted by atomic mass is 9.78. The number of Topliss-reactive ketones (excluding diaryl/α,β-unsaturated/α-hetero) is 3. The fourth-order valence-electron chi connectivity index (χ4n) is 9.03. The van der Waals surface area contributed by atoms with E-state index in [1.807, 2.05) is 133 Å². The number of halogens is 6. The fraction of sp³-hybridized carbons (Fsp3) is 0.338. The van der Waals surface area contributed by atoms with Crippen LogP contribution in [0.15, 0.2) is 155 Å². The Hall–Kier alpha value is -6.54. The van der Waals surface area contributed by atoms with Gasteiger partial charge in [0.2, 0.25) is 0 Å². The molecule has 4 atom stereocenters. The van der Waals surface area contributed by atoms with E-state index < -0.39 is 67.4 Å². The van der Waals surface area contributed by atoms with Gasteiger partial charge in [-0.1, -0.05) is 159 Å². The van der Waals surface area contributed by atoms with E-state index in [4.69, 9.17) is 27.6 Å². The minimum atomic E-state index is -1.09. The van der Waals surface area contributed by atoms with E-state index >= 15 is 0 Å². The quantitative estimate of drug-likeness (QED) is 0.0117. The van der Waals surface area contributed by atoms with Crippen LogP contribution in [0.25, 0.3) is 11.0 Å². The van der Waals surface area contributed by atoms with E-state index in [1.54, 1.807) is 13.6 Å². The van der Waals surface area contributed by atoms with Crippen LogP contribution in [0, 0.1) is 46.9 Å². The summed E-state index contributed by atoms with van der Waals surface area (Å²) in [6.45, 7) is 16.3. The maximum Gasteiger partial charge on any atom is 0.374 e. The van der Waals surface area contributed by atoms with Crippen LogP contribution in [-0.4, -0.2) is 70.9 Å². The van der Waals surface area contributed by atoms with Crippen LogP contribution < -0.4 is 21.1 Å². The molecule has 460 valence electrons. The summed E-state index contributed by atoms with van der Waals surface area (Å²) in [6, 6.07) is 37.7. The van der Waals surface area contributed by atoms with Gasteiger partial charge in [-0.15, -0.1) is 0 Å². The van der Waals surface area contributed by atoms with Gasteiger partial charge in [-0.25, -0.2) is 17.6 Å². The molecule has 0 aliphatic carbocycles. The van der Waals surface area contributed by atoms with Crippen molar-refractivity contribution < 1.29 is 56.2 Å².